The highest BCUT2D eigenvalue weighted by Crippen LogP contribution is 2.38. The molecule has 1 saturated heterocycles. The van der Waals surface area contributed by atoms with Gasteiger partial charge in [0.1, 0.15) is 0 Å². The van der Waals surface area contributed by atoms with Crippen LogP contribution in [0.5, 0.6) is 0 Å². The summed E-state index contributed by atoms with van der Waals surface area (Å²) in [5.41, 5.74) is 5.71. The number of nitrogens with zero attached hydrogens (tertiary/aromatic N) is 1. The number of hydrogen-bond donors (Lipinski definition) is 1. The average Bonchev–Trinajstić information content (AvgIpc) is 2.45. The van der Waals surface area contributed by atoms with E-state index in [2.05, 4.69) is 0 Å². The fourth-order valence-electron chi connectivity index (χ4n) is 2.91. The molecule has 1 saturated carbocycles. The van der Waals surface area contributed by atoms with E-state index in [1.807, 2.05) is 4.90 Å². The summed E-state index contributed by atoms with van der Waals surface area (Å²) in [4.78, 5) is 13.3. The summed E-state index contributed by atoms with van der Waals surface area (Å²) in [6.07, 6.45) is 3.58. The Hall–Kier alpha value is -0.570. The number of nitrogens with two attached hydrogens (primary N) is 1. The zero-order valence-corrected chi connectivity index (χ0v) is 8.20. The van der Waals surface area contributed by atoms with E-state index >= 15 is 0 Å². The lowest BCUT2D eigenvalue weighted by molar-refractivity contribution is -0.129. The Kier molecular flexibility index (Phi) is 2.28. The molecule has 1 heterocycles. The second kappa shape index (κ2) is 3.29. The first-order valence-electron chi connectivity index (χ1n) is 5.19. The van der Waals surface area contributed by atoms with Crippen molar-refractivity contribution in [1.82, 2.24) is 4.90 Å². The van der Waals surface area contributed by atoms with Crippen LogP contribution in [0, 0.1) is 11.8 Å². The minimum absolute atomic E-state index is 0.241. The van der Waals surface area contributed by atoms with E-state index in [0.717, 1.165) is 19.5 Å². The molecule has 0 aromatic rings. The zero-order chi connectivity index (χ0) is 9.42. The van der Waals surface area contributed by atoms with Crippen molar-refractivity contribution in [3.8, 4) is 0 Å². The minimum atomic E-state index is 0.241. The largest absolute Gasteiger partial charge is 0.340 e. The molecule has 0 spiro atoms. The lowest BCUT2D eigenvalue weighted by Gasteiger charge is -2.27. The lowest BCUT2D eigenvalue weighted by atomic mass is 9.80. The van der Waals surface area contributed by atoms with Crippen molar-refractivity contribution < 1.29 is 4.79 Å². The number of amides is 1. The van der Waals surface area contributed by atoms with Crippen LogP contribution in [0.15, 0.2) is 0 Å². The van der Waals surface area contributed by atoms with Crippen LogP contribution in [-0.4, -0.2) is 29.9 Å². The Labute approximate surface area is 79.3 Å². The van der Waals surface area contributed by atoms with Crippen LogP contribution in [-0.2, 0) is 4.79 Å². The van der Waals surface area contributed by atoms with E-state index < -0.39 is 0 Å². The van der Waals surface area contributed by atoms with Gasteiger partial charge in [0.25, 0.3) is 0 Å². The normalized spacial score (nSPS) is 38.0. The standard InChI is InChI=1S/C10H18N2O/c1-7(13)12-6-9-4-10(12)3-2-8(9)5-11/h8-10H,2-6,11H2,1H3. The van der Waals surface area contributed by atoms with Crippen LogP contribution in [0.3, 0.4) is 0 Å². The number of likely N-dealkylation sites (tertiary alicyclic amines) is 1. The molecule has 3 nitrogen and oxygen atoms in total. The topological polar surface area (TPSA) is 46.3 Å². The molecular weight excluding hydrogens is 164 g/mol. The lowest BCUT2D eigenvalue weighted by Crippen LogP contribution is -2.33. The van der Waals surface area contributed by atoms with Gasteiger partial charge in [0.05, 0.1) is 0 Å². The quantitative estimate of drug-likeness (QED) is 0.645. The molecule has 2 fully saturated rings. The molecule has 1 amide bonds. The third kappa shape index (κ3) is 1.46. The summed E-state index contributed by atoms with van der Waals surface area (Å²) < 4.78 is 0. The van der Waals surface area contributed by atoms with Gasteiger partial charge >= 0.3 is 0 Å². The second-order valence-electron chi connectivity index (χ2n) is 4.39. The molecular formula is C10H18N2O. The molecule has 1 aliphatic carbocycles. The first kappa shape index (κ1) is 9.00. The van der Waals surface area contributed by atoms with Crippen molar-refractivity contribution >= 4 is 5.91 Å². The monoisotopic (exact) mass is 182 g/mol. The van der Waals surface area contributed by atoms with Crippen LogP contribution < -0.4 is 5.73 Å². The van der Waals surface area contributed by atoms with Crippen molar-refractivity contribution in [3.05, 3.63) is 0 Å². The van der Waals surface area contributed by atoms with Gasteiger partial charge in [-0.15, -0.1) is 0 Å². The molecule has 13 heavy (non-hydrogen) atoms. The predicted octanol–water partition coefficient (Wildman–Crippen LogP) is 0.592. The van der Waals surface area contributed by atoms with Crippen molar-refractivity contribution in [2.45, 2.75) is 32.2 Å². The molecule has 3 atom stereocenters. The van der Waals surface area contributed by atoms with Gasteiger partial charge in [-0.2, -0.15) is 0 Å². The van der Waals surface area contributed by atoms with Gasteiger partial charge in [0.2, 0.25) is 5.91 Å². The van der Waals surface area contributed by atoms with Gasteiger partial charge in [-0.25, -0.2) is 0 Å². The molecule has 2 rings (SSSR count). The van der Waals surface area contributed by atoms with Gasteiger partial charge in [-0.3, -0.25) is 4.79 Å². The number of hydrogen-bond acceptors (Lipinski definition) is 2. The number of rotatable bonds is 1. The predicted molar refractivity (Wildman–Crippen MR) is 51.1 cm³/mol. The summed E-state index contributed by atoms with van der Waals surface area (Å²) >= 11 is 0. The summed E-state index contributed by atoms with van der Waals surface area (Å²) in [7, 11) is 0. The highest BCUT2D eigenvalue weighted by molar-refractivity contribution is 5.74. The van der Waals surface area contributed by atoms with E-state index in [1.165, 1.54) is 12.8 Å². The van der Waals surface area contributed by atoms with Crippen molar-refractivity contribution in [3.63, 3.8) is 0 Å². The summed E-state index contributed by atoms with van der Waals surface area (Å²) in [5, 5.41) is 0. The van der Waals surface area contributed by atoms with Gasteiger partial charge in [-0.05, 0) is 37.6 Å². The molecule has 0 aromatic carbocycles. The van der Waals surface area contributed by atoms with Crippen LogP contribution in [0.1, 0.15) is 26.2 Å². The summed E-state index contributed by atoms with van der Waals surface area (Å²) in [6.45, 7) is 3.43. The Balaban J connectivity index is 2.06. The Bertz CT molecular complexity index is 217. The number of carbonyl (C=O) groups is 1. The van der Waals surface area contributed by atoms with Gasteiger partial charge in [-0.1, -0.05) is 0 Å². The van der Waals surface area contributed by atoms with E-state index in [-0.39, 0.29) is 5.91 Å². The number of carbonyl (C=O) groups excluding carboxylic acids is 1. The molecule has 2 N–H and O–H groups in total. The SMILES string of the molecule is CC(=O)N1CC2CC1CCC2CN. The van der Waals surface area contributed by atoms with E-state index in [1.54, 1.807) is 6.92 Å². The Morgan fingerprint density at radius 1 is 1.54 bits per heavy atom. The van der Waals surface area contributed by atoms with Crippen molar-refractivity contribution in [2.75, 3.05) is 13.1 Å². The molecule has 3 unspecified atom stereocenters. The smallest absolute Gasteiger partial charge is 0.219 e. The third-order valence-corrected chi connectivity index (χ3v) is 3.69. The highest BCUT2D eigenvalue weighted by Gasteiger charge is 2.40. The molecule has 74 valence electrons. The highest BCUT2D eigenvalue weighted by atomic mass is 16.2. The fraction of sp³-hybridized carbons (Fsp3) is 0.900. The van der Waals surface area contributed by atoms with Crippen LogP contribution in [0.2, 0.25) is 0 Å². The molecule has 0 aromatic heterocycles. The van der Waals surface area contributed by atoms with Gasteiger partial charge in [0, 0.05) is 19.5 Å². The molecule has 3 heteroatoms. The molecule has 2 bridgehead atoms. The summed E-state index contributed by atoms with van der Waals surface area (Å²) in [6, 6.07) is 0.533. The summed E-state index contributed by atoms with van der Waals surface area (Å²) in [5.74, 6) is 1.60. The Morgan fingerprint density at radius 3 is 2.92 bits per heavy atom. The second-order valence-corrected chi connectivity index (χ2v) is 4.39. The number of fused-ring (bicyclic) bond motifs is 2. The van der Waals surface area contributed by atoms with E-state index in [9.17, 15) is 4.79 Å². The van der Waals surface area contributed by atoms with E-state index in [0.29, 0.717) is 17.9 Å². The average molecular weight is 182 g/mol. The maximum absolute atomic E-state index is 11.3. The van der Waals surface area contributed by atoms with Crippen LogP contribution in [0.4, 0.5) is 0 Å². The molecule has 0 radical (unpaired) electrons. The molecule has 2 aliphatic rings. The van der Waals surface area contributed by atoms with E-state index in [4.69, 9.17) is 5.73 Å². The third-order valence-electron chi connectivity index (χ3n) is 3.69. The maximum atomic E-state index is 11.3. The van der Waals surface area contributed by atoms with Crippen molar-refractivity contribution in [2.24, 2.45) is 17.6 Å². The van der Waals surface area contributed by atoms with Crippen molar-refractivity contribution in [1.29, 1.82) is 0 Å². The van der Waals surface area contributed by atoms with Gasteiger partial charge in [0.15, 0.2) is 0 Å². The zero-order valence-electron chi connectivity index (χ0n) is 8.20. The maximum Gasteiger partial charge on any atom is 0.219 e. The van der Waals surface area contributed by atoms with Gasteiger partial charge < -0.3 is 10.6 Å². The molecule has 1 aliphatic heterocycles. The first-order chi connectivity index (χ1) is 6.22. The fourth-order valence-corrected chi connectivity index (χ4v) is 2.91. The minimum Gasteiger partial charge on any atom is -0.340 e. The first-order valence-corrected chi connectivity index (χ1v) is 5.19. The Morgan fingerprint density at radius 2 is 2.31 bits per heavy atom. The van der Waals surface area contributed by atoms with Crippen LogP contribution >= 0.6 is 0 Å². The van der Waals surface area contributed by atoms with Crippen LogP contribution in [0.25, 0.3) is 0 Å².